The van der Waals surface area contributed by atoms with E-state index in [0.717, 1.165) is 37.8 Å². The molecule has 3 heterocycles. The maximum Gasteiger partial charge on any atom is 0.235 e. The number of aryl methyl sites for hydroxylation is 1. The summed E-state index contributed by atoms with van der Waals surface area (Å²) < 4.78 is 2.04. The van der Waals surface area contributed by atoms with Crippen molar-refractivity contribution in [2.24, 2.45) is 11.3 Å². The molecule has 1 fully saturated rings. The lowest BCUT2D eigenvalue weighted by Gasteiger charge is -2.26. The second kappa shape index (κ2) is 8.21. The van der Waals surface area contributed by atoms with E-state index in [1.165, 1.54) is 5.69 Å². The molecule has 0 saturated carbocycles. The molecule has 1 aromatic rings. The van der Waals surface area contributed by atoms with Gasteiger partial charge in [0.15, 0.2) is 0 Å². The smallest absolute Gasteiger partial charge is 0.235 e. The molecule has 27 heavy (non-hydrogen) atoms. The fourth-order valence-electron chi connectivity index (χ4n) is 4.39. The third-order valence-corrected chi connectivity index (χ3v) is 5.79. The average molecular weight is 395 g/mol. The van der Waals surface area contributed by atoms with Crippen LogP contribution in [-0.2, 0) is 29.0 Å². The third-order valence-electron chi connectivity index (χ3n) is 5.55. The number of likely N-dealkylation sites (tertiary alicyclic amines) is 1. The molecule has 150 valence electrons. The van der Waals surface area contributed by atoms with Crippen LogP contribution in [0.25, 0.3) is 0 Å². The van der Waals surface area contributed by atoms with Crippen molar-refractivity contribution in [1.29, 1.82) is 0 Å². The van der Waals surface area contributed by atoms with Gasteiger partial charge in [-0.3, -0.25) is 14.3 Å². The molecule has 1 aromatic heterocycles. The summed E-state index contributed by atoms with van der Waals surface area (Å²) >= 11 is 5.67. The number of nitrogens with zero attached hydrogens (tertiary/aromatic N) is 3. The van der Waals surface area contributed by atoms with E-state index in [4.69, 9.17) is 11.6 Å². The lowest BCUT2D eigenvalue weighted by molar-refractivity contribution is -0.130. The van der Waals surface area contributed by atoms with Crippen molar-refractivity contribution >= 4 is 23.4 Å². The average Bonchev–Trinajstić information content (AvgIpc) is 3.18. The quantitative estimate of drug-likeness (QED) is 0.779. The predicted molar refractivity (Wildman–Crippen MR) is 106 cm³/mol. The molecular weight excluding hydrogens is 364 g/mol. The Balaban J connectivity index is 1.67. The van der Waals surface area contributed by atoms with Crippen molar-refractivity contribution in [1.82, 2.24) is 20.0 Å². The summed E-state index contributed by atoms with van der Waals surface area (Å²) in [5.74, 6) is 0.163. The number of amides is 2. The highest BCUT2D eigenvalue weighted by molar-refractivity contribution is 6.27. The summed E-state index contributed by atoms with van der Waals surface area (Å²) in [6.07, 6.45) is 6.53. The van der Waals surface area contributed by atoms with Gasteiger partial charge in [0, 0.05) is 30.9 Å². The molecule has 0 aromatic carbocycles. The molecule has 0 radical (unpaired) electrons. The Morgan fingerprint density at radius 2 is 2.07 bits per heavy atom. The number of nitrogens with one attached hydrogen (secondary N) is 1. The molecule has 7 heteroatoms. The maximum atomic E-state index is 13.0. The molecule has 6 nitrogen and oxygen atoms in total. The van der Waals surface area contributed by atoms with E-state index in [2.05, 4.69) is 31.2 Å². The van der Waals surface area contributed by atoms with Crippen LogP contribution in [0.3, 0.4) is 0 Å². The zero-order chi connectivity index (χ0) is 19.6. The molecule has 2 aliphatic heterocycles. The molecule has 2 atom stereocenters. The van der Waals surface area contributed by atoms with Crippen LogP contribution in [0.2, 0.25) is 0 Å². The second-order valence-electron chi connectivity index (χ2n) is 9.10. The molecular formula is C20H31ClN4O2. The van der Waals surface area contributed by atoms with Crippen molar-refractivity contribution in [2.45, 2.75) is 65.5 Å². The van der Waals surface area contributed by atoms with Crippen LogP contribution in [0, 0.1) is 11.3 Å². The molecule has 0 unspecified atom stereocenters. The molecule has 2 amide bonds. The highest BCUT2D eigenvalue weighted by atomic mass is 35.5. The molecule has 1 N–H and O–H groups in total. The number of carbonyl (C=O) groups excluding carboxylic acids is 2. The molecule has 0 spiro atoms. The number of aromatic nitrogens is 2. The summed E-state index contributed by atoms with van der Waals surface area (Å²) in [4.78, 5) is 26.7. The first-order valence-corrected chi connectivity index (χ1v) is 10.5. The monoisotopic (exact) mass is 394 g/mol. The van der Waals surface area contributed by atoms with Crippen molar-refractivity contribution in [2.75, 3.05) is 19.0 Å². The fourth-order valence-corrected chi connectivity index (χ4v) is 4.46. The van der Waals surface area contributed by atoms with Gasteiger partial charge in [-0.2, -0.15) is 5.10 Å². The third kappa shape index (κ3) is 5.03. The second-order valence-corrected chi connectivity index (χ2v) is 9.37. The lowest BCUT2D eigenvalue weighted by atomic mass is 9.82. The number of halogens is 1. The maximum absolute atomic E-state index is 13.0. The van der Waals surface area contributed by atoms with Gasteiger partial charge in [-0.1, -0.05) is 20.8 Å². The Hall–Kier alpha value is -1.56. The minimum atomic E-state index is -0.166. The zero-order valence-electron chi connectivity index (χ0n) is 16.6. The van der Waals surface area contributed by atoms with Crippen LogP contribution in [0.15, 0.2) is 6.20 Å². The minimum absolute atomic E-state index is 0.0273. The van der Waals surface area contributed by atoms with E-state index in [1.54, 1.807) is 0 Å². The van der Waals surface area contributed by atoms with Crippen molar-refractivity contribution in [3.05, 3.63) is 17.5 Å². The molecule has 1 saturated heterocycles. The standard InChI is InChI=1S/C20H31ClN4O2/c1-20(2,3)9-15-12-24(13-16(15)23-18(26)10-21)19(27)8-14-11-22-25-7-5-4-6-17(14)25/h11,15-16H,4-10,12-13H2,1-3H3,(H,23,26)/t15-,16-/m1/s1. The van der Waals surface area contributed by atoms with Crippen LogP contribution in [0.1, 0.15) is 51.3 Å². The van der Waals surface area contributed by atoms with Crippen LogP contribution in [-0.4, -0.2) is 51.5 Å². The summed E-state index contributed by atoms with van der Waals surface area (Å²) in [6, 6.07) is -0.0273. The first-order valence-electron chi connectivity index (χ1n) is 9.93. The van der Waals surface area contributed by atoms with E-state index in [0.29, 0.717) is 19.5 Å². The van der Waals surface area contributed by atoms with Crippen molar-refractivity contribution in [3.8, 4) is 0 Å². The Kier molecular flexibility index (Phi) is 6.14. The zero-order valence-corrected chi connectivity index (χ0v) is 17.4. The van der Waals surface area contributed by atoms with E-state index >= 15 is 0 Å². The van der Waals surface area contributed by atoms with Gasteiger partial charge in [0.2, 0.25) is 11.8 Å². The molecule has 2 aliphatic rings. The normalized spacial score (nSPS) is 22.6. The summed E-state index contributed by atoms with van der Waals surface area (Å²) in [5.41, 5.74) is 2.41. The number of alkyl halides is 1. The Bertz CT molecular complexity index is 695. The van der Waals surface area contributed by atoms with E-state index in [-0.39, 0.29) is 35.1 Å². The van der Waals surface area contributed by atoms with Gasteiger partial charge in [-0.25, -0.2) is 0 Å². The van der Waals surface area contributed by atoms with Crippen LogP contribution in [0.4, 0.5) is 0 Å². The first kappa shape index (κ1) is 20.2. The Labute approximate surface area is 166 Å². The van der Waals surface area contributed by atoms with Gasteiger partial charge in [0.05, 0.1) is 18.7 Å². The highest BCUT2D eigenvalue weighted by Crippen LogP contribution is 2.31. The van der Waals surface area contributed by atoms with Gasteiger partial charge in [0.1, 0.15) is 5.88 Å². The Morgan fingerprint density at radius 1 is 1.30 bits per heavy atom. The van der Waals surface area contributed by atoms with E-state index < -0.39 is 0 Å². The number of hydrogen-bond donors (Lipinski definition) is 1. The molecule has 0 aliphatic carbocycles. The predicted octanol–water partition coefficient (Wildman–Crippen LogP) is 2.38. The van der Waals surface area contributed by atoms with Gasteiger partial charge < -0.3 is 10.2 Å². The number of rotatable bonds is 5. The van der Waals surface area contributed by atoms with Crippen LogP contribution in [0.5, 0.6) is 0 Å². The van der Waals surface area contributed by atoms with Crippen molar-refractivity contribution in [3.63, 3.8) is 0 Å². The topological polar surface area (TPSA) is 67.2 Å². The van der Waals surface area contributed by atoms with Crippen LogP contribution < -0.4 is 5.32 Å². The largest absolute Gasteiger partial charge is 0.350 e. The minimum Gasteiger partial charge on any atom is -0.350 e. The molecule has 0 bridgehead atoms. The lowest BCUT2D eigenvalue weighted by Crippen LogP contribution is -2.42. The van der Waals surface area contributed by atoms with Crippen molar-refractivity contribution < 1.29 is 9.59 Å². The van der Waals surface area contributed by atoms with E-state index in [1.807, 2.05) is 15.8 Å². The van der Waals surface area contributed by atoms with E-state index in [9.17, 15) is 9.59 Å². The summed E-state index contributed by atoms with van der Waals surface area (Å²) in [7, 11) is 0. The van der Waals surface area contributed by atoms with Gasteiger partial charge in [0.25, 0.3) is 0 Å². The highest BCUT2D eigenvalue weighted by Gasteiger charge is 2.38. The fraction of sp³-hybridized carbons (Fsp3) is 0.750. The van der Waals surface area contributed by atoms with Crippen LogP contribution >= 0.6 is 11.6 Å². The van der Waals surface area contributed by atoms with Gasteiger partial charge >= 0.3 is 0 Å². The van der Waals surface area contributed by atoms with Gasteiger partial charge in [-0.05, 0) is 37.0 Å². The number of carbonyl (C=O) groups is 2. The number of hydrogen-bond acceptors (Lipinski definition) is 3. The first-order chi connectivity index (χ1) is 12.8. The SMILES string of the molecule is CC(C)(C)C[C@@H]1CN(C(=O)Cc2cnn3c2CCCC3)C[C@H]1NC(=O)CCl. The molecule has 3 rings (SSSR count). The number of fused-ring (bicyclic) bond motifs is 1. The Morgan fingerprint density at radius 3 is 2.78 bits per heavy atom. The van der Waals surface area contributed by atoms with Gasteiger partial charge in [-0.15, -0.1) is 11.6 Å². The summed E-state index contributed by atoms with van der Waals surface area (Å²) in [6.45, 7) is 8.77. The summed E-state index contributed by atoms with van der Waals surface area (Å²) in [5, 5.41) is 7.45.